The van der Waals surface area contributed by atoms with Crippen LogP contribution >= 0.6 is 0 Å². The van der Waals surface area contributed by atoms with Gasteiger partial charge in [-0.05, 0) is 190 Å². The molecule has 2 aromatic heterocycles. The predicted octanol–water partition coefficient (Wildman–Crippen LogP) is 6.63. The standard InChI is InChI=1S/C28H42N4O4S.C14H24N4.C13H19NO5S/c1-21-17-26(36-6)18-22(2)28(21)37(34,35)31(5)14-12-25(33)19-24-7-8-27(29-20-24)32-15-10-23(11-16-32)9-13-30(3)4;1-17(2)8-5-12-6-9-18(10-7-12)14-4-3-13(15)11-16-14;1-10-7-12(18-4)8-11(2)13(10)20(16,17)14(3)5-6-19-9-15/h7-8,17-18,20,23H,9-16,19H2,1-6H3;3-4,11-12H,5-10,15H2,1-2H3;7-9H,5-6H2,1-4H3. The number of piperidine rings is 2. The van der Waals surface area contributed by atoms with E-state index in [1.165, 1.54) is 70.6 Å². The highest BCUT2D eigenvalue weighted by Crippen LogP contribution is 2.30. The Morgan fingerprint density at radius 2 is 1.05 bits per heavy atom. The summed E-state index contributed by atoms with van der Waals surface area (Å²) in [4.78, 5) is 41.5. The molecule has 18 nitrogen and oxygen atoms in total. The van der Waals surface area contributed by atoms with E-state index >= 15 is 0 Å². The van der Waals surface area contributed by atoms with Gasteiger partial charge in [0, 0.05) is 72.4 Å². The van der Waals surface area contributed by atoms with E-state index in [0.29, 0.717) is 40.2 Å². The predicted molar refractivity (Wildman–Crippen MR) is 299 cm³/mol. The number of hydrogen-bond acceptors (Lipinski definition) is 16. The summed E-state index contributed by atoms with van der Waals surface area (Å²) in [6.07, 6.45) is 11.4. The third-order valence-corrected chi connectivity index (χ3v) is 18.1. The van der Waals surface area contributed by atoms with Gasteiger partial charge >= 0.3 is 0 Å². The van der Waals surface area contributed by atoms with Crippen LogP contribution in [-0.2, 0) is 40.8 Å². The lowest BCUT2D eigenvalue weighted by atomic mass is 9.93. The fraction of sp³-hybridized carbons (Fsp3) is 0.564. The van der Waals surface area contributed by atoms with Crippen molar-refractivity contribution in [3.05, 3.63) is 88.7 Å². The van der Waals surface area contributed by atoms with Crippen LogP contribution in [0.4, 0.5) is 17.3 Å². The molecule has 2 aliphatic heterocycles. The zero-order valence-corrected chi connectivity index (χ0v) is 48.3. The number of sulfonamides is 2. The quantitative estimate of drug-likeness (QED) is 0.0612. The molecule has 2 fully saturated rings. The molecule has 0 atom stereocenters. The number of carbonyl (C=O) groups is 2. The van der Waals surface area contributed by atoms with Crippen LogP contribution in [0.2, 0.25) is 0 Å². The van der Waals surface area contributed by atoms with E-state index in [4.69, 9.17) is 15.2 Å². The van der Waals surface area contributed by atoms with Crippen LogP contribution in [0.5, 0.6) is 11.5 Å². The van der Waals surface area contributed by atoms with E-state index in [9.17, 15) is 26.4 Å². The van der Waals surface area contributed by atoms with E-state index in [1.54, 1.807) is 71.5 Å². The normalized spacial score (nSPS) is 14.6. The molecule has 20 heteroatoms. The molecule has 2 N–H and O–H groups in total. The molecule has 0 spiro atoms. The van der Waals surface area contributed by atoms with Crippen LogP contribution in [0, 0.1) is 39.5 Å². The summed E-state index contributed by atoms with van der Waals surface area (Å²) in [5.74, 6) is 4.89. The Morgan fingerprint density at radius 3 is 1.41 bits per heavy atom. The number of methoxy groups -OCH3 is 2. The number of benzene rings is 2. The summed E-state index contributed by atoms with van der Waals surface area (Å²) in [5.41, 5.74) is 9.72. The topological polar surface area (TPSA) is 201 Å². The molecule has 2 aromatic carbocycles. The van der Waals surface area contributed by atoms with Gasteiger partial charge in [0.05, 0.1) is 35.9 Å². The number of ketones is 1. The Balaban J connectivity index is 0.000000269. The number of hydrogen-bond donors (Lipinski definition) is 1. The number of pyridine rings is 2. The van der Waals surface area contributed by atoms with Crippen LogP contribution in [0.25, 0.3) is 0 Å². The number of Topliss-reactive ketones (excluding diaryl/α,β-unsaturated/α-hetero) is 1. The highest BCUT2D eigenvalue weighted by atomic mass is 32.2. The molecule has 0 saturated carbocycles. The summed E-state index contributed by atoms with van der Waals surface area (Å²) in [7, 11) is 7.25. The number of aromatic nitrogens is 2. The van der Waals surface area contributed by atoms with Gasteiger partial charge in [-0.1, -0.05) is 6.07 Å². The van der Waals surface area contributed by atoms with Gasteiger partial charge in [-0.15, -0.1) is 0 Å². The Labute approximate surface area is 448 Å². The Morgan fingerprint density at radius 1 is 0.640 bits per heavy atom. The molecule has 4 aromatic rings. The number of nitrogens with zero attached hydrogens (tertiary/aromatic N) is 8. The first-order chi connectivity index (χ1) is 35.5. The molecule has 2 saturated heterocycles. The summed E-state index contributed by atoms with van der Waals surface area (Å²) >= 11 is 0. The number of nitrogen functional groups attached to an aromatic ring is 1. The van der Waals surface area contributed by atoms with Crippen molar-refractivity contribution in [2.75, 3.05) is 131 Å². The van der Waals surface area contributed by atoms with Gasteiger partial charge in [-0.2, -0.15) is 4.31 Å². The van der Waals surface area contributed by atoms with Crippen molar-refractivity contribution in [2.45, 2.75) is 88.9 Å². The molecular formula is C55H85N9O9S2. The number of rotatable bonds is 23. The summed E-state index contributed by atoms with van der Waals surface area (Å²) in [6, 6.07) is 14.7. The number of carbonyl (C=O) groups excluding carboxylic acids is 2. The largest absolute Gasteiger partial charge is 0.497 e. The molecule has 6 rings (SSSR count). The van der Waals surface area contributed by atoms with Gasteiger partial charge in [0.25, 0.3) is 6.47 Å². The number of nitrogens with two attached hydrogens (primary N) is 1. The van der Waals surface area contributed by atoms with Gasteiger partial charge in [0.15, 0.2) is 0 Å². The van der Waals surface area contributed by atoms with E-state index < -0.39 is 20.0 Å². The lowest BCUT2D eigenvalue weighted by molar-refractivity contribution is -0.128. The molecule has 4 heterocycles. The summed E-state index contributed by atoms with van der Waals surface area (Å²) < 4.78 is 68.7. The van der Waals surface area contributed by atoms with Gasteiger partial charge in [-0.25, -0.2) is 31.1 Å². The van der Waals surface area contributed by atoms with Crippen LogP contribution in [0.15, 0.2) is 70.7 Å². The fourth-order valence-electron chi connectivity index (χ4n) is 9.33. The maximum atomic E-state index is 13.2. The van der Waals surface area contributed by atoms with E-state index in [-0.39, 0.29) is 48.1 Å². The average molecular weight is 1080 g/mol. The first-order valence-electron chi connectivity index (χ1n) is 25.8. The van der Waals surface area contributed by atoms with Gasteiger partial charge in [-0.3, -0.25) is 9.59 Å². The van der Waals surface area contributed by atoms with Gasteiger partial charge in [0.2, 0.25) is 20.0 Å². The average Bonchev–Trinajstić information content (AvgIpc) is 3.37. The number of likely N-dealkylation sites (N-methyl/N-ethyl adjacent to an activating group) is 1. The van der Waals surface area contributed by atoms with Crippen molar-refractivity contribution >= 4 is 49.6 Å². The van der Waals surface area contributed by atoms with Crippen LogP contribution in [0.1, 0.15) is 72.8 Å². The van der Waals surface area contributed by atoms with E-state index in [0.717, 1.165) is 71.8 Å². The molecule has 0 aliphatic carbocycles. The van der Waals surface area contributed by atoms with E-state index in [1.807, 2.05) is 24.3 Å². The monoisotopic (exact) mass is 1080 g/mol. The van der Waals surface area contributed by atoms with Crippen molar-refractivity contribution in [1.82, 2.24) is 28.4 Å². The van der Waals surface area contributed by atoms with Crippen molar-refractivity contribution in [2.24, 2.45) is 11.8 Å². The zero-order valence-electron chi connectivity index (χ0n) is 46.7. The molecule has 416 valence electrons. The van der Waals surface area contributed by atoms with Gasteiger partial charge in [0.1, 0.15) is 35.5 Å². The first kappa shape index (κ1) is 62.2. The van der Waals surface area contributed by atoms with Crippen molar-refractivity contribution in [3.8, 4) is 11.5 Å². The molecule has 0 bridgehead atoms. The van der Waals surface area contributed by atoms with E-state index in [2.05, 4.69) is 62.5 Å². The molecule has 75 heavy (non-hydrogen) atoms. The molecule has 0 unspecified atom stereocenters. The number of ether oxygens (including phenoxy) is 3. The third kappa shape index (κ3) is 19.0. The molecular weight excluding hydrogens is 995 g/mol. The highest BCUT2D eigenvalue weighted by Gasteiger charge is 2.28. The Kier molecular flexibility index (Phi) is 24.7. The van der Waals surface area contributed by atoms with Gasteiger partial charge < -0.3 is 39.5 Å². The van der Waals surface area contributed by atoms with Crippen molar-refractivity contribution in [1.29, 1.82) is 0 Å². The Hall–Kier alpha value is -5.38. The maximum Gasteiger partial charge on any atom is 0.293 e. The molecule has 0 radical (unpaired) electrons. The third-order valence-electron chi connectivity index (χ3n) is 13.8. The minimum absolute atomic E-state index is 0.0125. The first-order valence-corrected chi connectivity index (χ1v) is 28.6. The van der Waals surface area contributed by atoms with Crippen LogP contribution in [0.3, 0.4) is 0 Å². The van der Waals surface area contributed by atoms with Crippen LogP contribution in [-0.4, -0.2) is 173 Å². The molecule has 0 amide bonds. The maximum absolute atomic E-state index is 13.2. The second kappa shape index (κ2) is 29.8. The summed E-state index contributed by atoms with van der Waals surface area (Å²) in [5, 5.41) is 0. The highest BCUT2D eigenvalue weighted by molar-refractivity contribution is 7.89. The van der Waals surface area contributed by atoms with Crippen molar-refractivity contribution in [3.63, 3.8) is 0 Å². The number of anilines is 3. The SMILES string of the molecule is CN(C)CCC1CCN(c2ccc(N)cn2)CC1.COc1cc(C)c(S(=O)(=O)N(C)CCC(=O)Cc2ccc(N3CCC(CCN(C)C)CC3)nc2)c(C)c1.COc1cc(C)c(S(=O)(=O)N(C)CCOC=O)c(C)c1. The second-order valence-electron chi connectivity index (χ2n) is 20.3. The molecule has 2 aliphatic rings. The second-order valence-corrected chi connectivity index (χ2v) is 24.2. The van der Waals surface area contributed by atoms with Crippen LogP contribution < -0.4 is 25.0 Å². The Bertz CT molecular complexity index is 2590. The lowest BCUT2D eigenvalue weighted by Gasteiger charge is -2.33. The fourth-order valence-corrected chi connectivity index (χ4v) is 12.5. The minimum Gasteiger partial charge on any atom is -0.497 e. The smallest absolute Gasteiger partial charge is 0.293 e. The summed E-state index contributed by atoms with van der Waals surface area (Å²) in [6.45, 7) is 14.1. The minimum atomic E-state index is -3.72. The van der Waals surface area contributed by atoms with Crippen molar-refractivity contribution < 1.29 is 40.6 Å². The lowest BCUT2D eigenvalue weighted by Crippen LogP contribution is -2.35. The zero-order chi connectivity index (χ0) is 55.5. The number of aryl methyl sites for hydroxylation is 4.